The molecule has 4 nitrogen and oxygen atoms in total. The van der Waals surface area contributed by atoms with Crippen LogP contribution in [-0.4, -0.2) is 29.9 Å². The van der Waals surface area contributed by atoms with Crippen LogP contribution in [0.15, 0.2) is 23.1 Å². The summed E-state index contributed by atoms with van der Waals surface area (Å²) in [6.45, 7) is 1.83. The number of ether oxygens (including phenoxy) is 1. The van der Waals surface area contributed by atoms with Crippen molar-refractivity contribution < 1.29 is 19.4 Å². The maximum atomic E-state index is 11.4. The van der Waals surface area contributed by atoms with E-state index in [1.54, 1.807) is 12.1 Å². The molecule has 17 heavy (non-hydrogen) atoms. The number of esters is 1. The summed E-state index contributed by atoms with van der Waals surface area (Å²) in [6, 6.07) is 5.33. The average Bonchev–Trinajstić information content (AvgIpc) is 2.30. The van der Waals surface area contributed by atoms with E-state index in [4.69, 9.17) is 5.11 Å². The van der Waals surface area contributed by atoms with Crippen molar-refractivity contribution in [3.05, 3.63) is 29.3 Å². The van der Waals surface area contributed by atoms with E-state index in [0.29, 0.717) is 11.3 Å². The molecule has 0 atom stereocenters. The Morgan fingerprint density at radius 3 is 2.71 bits per heavy atom. The lowest BCUT2D eigenvalue weighted by molar-refractivity contribution is -0.136. The zero-order chi connectivity index (χ0) is 12.8. The van der Waals surface area contributed by atoms with Crippen molar-refractivity contribution in [3.63, 3.8) is 0 Å². The summed E-state index contributed by atoms with van der Waals surface area (Å²) in [7, 11) is 1.34. The molecule has 0 radical (unpaired) electrons. The SMILES string of the molecule is COC(=O)c1cccc(SCCC(=O)O)c1C. The number of methoxy groups -OCH3 is 1. The highest BCUT2D eigenvalue weighted by atomic mass is 32.2. The van der Waals surface area contributed by atoms with Gasteiger partial charge >= 0.3 is 11.9 Å². The van der Waals surface area contributed by atoms with Gasteiger partial charge in [0.2, 0.25) is 0 Å². The van der Waals surface area contributed by atoms with Gasteiger partial charge in [-0.15, -0.1) is 11.8 Å². The van der Waals surface area contributed by atoms with Crippen molar-refractivity contribution in [1.82, 2.24) is 0 Å². The fourth-order valence-electron chi connectivity index (χ4n) is 1.35. The molecule has 0 fully saturated rings. The van der Waals surface area contributed by atoms with Crippen LogP contribution in [0.3, 0.4) is 0 Å². The van der Waals surface area contributed by atoms with Crippen LogP contribution in [0.5, 0.6) is 0 Å². The fraction of sp³-hybridized carbons (Fsp3) is 0.333. The Kier molecular flexibility index (Phi) is 5.03. The largest absolute Gasteiger partial charge is 0.481 e. The molecule has 1 aromatic carbocycles. The van der Waals surface area contributed by atoms with Crippen LogP contribution in [0.1, 0.15) is 22.3 Å². The summed E-state index contributed by atoms with van der Waals surface area (Å²) in [5, 5.41) is 8.55. The lowest BCUT2D eigenvalue weighted by atomic mass is 10.1. The zero-order valence-electron chi connectivity index (χ0n) is 9.73. The second kappa shape index (κ2) is 6.30. The maximum Gasteiger partial charge on any atom is 0.338 e. The van der Waals surface area contributed by atoms with Crippen molar-refractivity contribution in [3.8, 4) is 0 Å². The van der Waals surface area contributed by atoms with E-state index in [9.17, 15) is 9.59 Å². The number of carbonyl (C=O) groups is 2. The molecule has 0 aliphatic heterocycles. The Balaban J connectivity index is 2.80. The molecule has 0 unspecified atom stereocenters. The molecule has 5 heteroatoms. The molecule has 1 N–H and O–H groups in total. The average molecular weight is 254 g/mol. The monoisotopic (exact) mass is 254 g/mol. The van der Waals surface area contributed by atoms with Crippen molar-refractivity contribution >= 4 is 23.7 Å². The van der Waals surface area contributed by atoms with Gasteiger partial charge in [0, 0.05) is 10.6 Å². The Hall–Kier alpha value is -1.49. The number of thioether (sulfide) groups is 1. The highest BCUT2D eigenvalue weighted by molar-refractivity contribution is 7.99. The predicted octanol–water partition coefficient (Wildman–Crippen LogP) is 2.35. The van der Waals surface area contributed by atoms with Gasteiger partial charge in [0.05, 0.1) is 19.1 Å². The lowest BCUT2D eigenvalue weighted by Gasteiger charge is -2.08. The number of carbonyl (C=O) groups excluding carboxylic acids is 1. The van der Waals surface area contributed by atoms with E-state index in [2.05, 4.69) is 4.74 Å². The molecular formula is C12H14O4S. The normalized spacial score (nSPS) is 10.0. The van der Waals surface area contributed by atoms with Gasteiger partial charge < -0.3 is 9.84 Å². The first-order valence-electron chi connectivity index (χ1n) is 5.08. The summed E-state index contributed by atoms with van der Waals surface area (Å²) in [5.41, 5.74) is 1.35. The van der Waals surface area contributed by atoms with Crippen molar-refractivity contribution in [2.75, 3.05) is 12.9 Å². The van der Waals surface area contributed by atoms with Crippen molar-refractivity contribution in [1.29, 1.82) is 0 Å². The van der Waals surface area contributed by atoms with Gasteiger partial charge in [-0.2, -0.15) is 0 Å². The summed E-state index contributed by atoms with van der Waals surface area (Å²) in [5.74, 6) is -0.705. The Labute approximate surface area is 104 Å². The molecule has 0 bridgehead atoms. The van der Waals surface area contributed by atoms with E-state index >= 15 is 0 Å². The fourth-order valence-corrected chi connectivity index (χ4v) is 2.35. The molecule has 0 amide bonds. The second-order valence-corrected chi connectivity index (χ2v) is 4.55. The molecule has 0 aromatic heterocycles. The summed E-state index contributed by atoms with van der Waals surface area (Å²) in [4.78, 5) is 22.8. The summed E-state index contributed by atoms with van der Waals surface area (Å²) in [6.07, 6.45) is 0.104. The molecular weight excluding hydrogens is 240 g/mol. The zero-order valence-corrected chi connectivity index (χ0v) is 10.5. The molecule has 0 aliphatic carbocycles. The van der Waals surface area contributed by atoms with Gasteiger partial charge in [-0.25, -0.2) is 4.79 Å². The van der Waals surface area contributed by atoms with E-state index in [-0.39, 0.29) is 12.4 Å². The minimum Gasteiger partial charge on any atom is -0.481 e. The third-order valence-corrected chi connectivity index (χ3v) is 3.42. The number of benzene rings is 1. The van der Waals surface area contributed by atoms with Gasteiger partial charge in [-0.1, -0.05) is 6.07 Å². The standard InChI is InChI=1S/C12H14O4S/c1-8-9(12(15)16-2)4-3-5-10(8)17-7-6-11(13)14/h3-5H,6-7H2,1-2H3,(H,13,14). The Morgan fingerprint density at radius 2 is 2.12 bits per heavy atom. The van der Waals surface area contributed by atoms with Crippen LogP contribution in [0.4, 0.5) is 0 Å². The number of hydrogen-bond donors (Lipinski definition) is 1. The molecule has 1 rings (SSSR count). The molecule has 0 saturated heterocycles. The van der Waals surface area contributed by atoms with Crippen LogP contribution in [0, 0.1) is 6.92 Å². The maximum absolute atomic E-state index is 11.4. The molecule has 0 aliphatic rings. The van der Waals surface area contributed by atoms with Gasteiger partial charge in [-0.05, 0) is 24.6 Å². The Morgan fingerprint density at radius 1 is 1.41 bits per heavy atom. The molecule has 0 heterocycles. The number of aliphatic carboxylic acids is 1. The van der Waals surface area contributed by atoms with Crippen LogP contribution in [0.2, 0.25) is 0 Å². The van der Waals surface area contributed by atoms with Gasteiger partial charge in [0.25, 0.3) is 0 Å². The van der Waals surface area contributed by atoms with E-state index in [0.717, 1.165) is 10.5 Å². The minimum atomic E-state index is -0.820. The second-order valence-electron chi connectivity index (χ2n) is 3.41. The molecule has 0 saturated carbocycles. The first kappa shape index (κ1) is 13.6. The summed E-state index contributed by atoms with van der Waals surface area (Å²) < 4.78 is 4.67. The molecule has 92 valence electrons. The molecule has 0 spiro atoms. The smallest absolute Gasteiger partial charge is 0.338 e. The van der Waals surface area contributed by atoms with Crippen LogP contribution in [0.25, 0.3) is 0 Å². The topological polar surface area (TPSA) is 63.6 Å². The van der Waals surface area contributed by atoms with Gasteiger partial charge in [-0.3, -0.25) is 4.79 Å². The molecule has 1 aromatic rings. The number of hydrogen-bond acceptors (Lipinski definition) is 4. The van der Waals surface area contributed by atoms with E-state index < -0.39 is 5.97 Å². The first-order valence-corrected chi connectivity index (χ1v) is 6.07. The number of carboxylic acid groups (broad SMARTS) is 1. The Bertz CT molecular complexity index is 429. The van der Waals surface area contributed by atoms with Crippen molar-refractivity contribution in [2.24, 2.45) is 0 Å². The van der Waals surface area contributed by atoms with Gasteiger partial charge in [0.1, 0.15) is 0 Å². The van der Waals surface area contributed by atoms with Crippen molar-refractivity contribution in [2.45, 2.75) is 18.2 Å². The van der Waals surface area contributed by atoms with Crippen LogP contribution < -0.4 is 0 Å². The van der Waals surface area contributed by atoms with Crippen LogP contribution >= 0.6 is 11.8 Å². The highest BCUT2D eigenvalue weighted by Crippen LogP contribution is 2.25. The number of carboxylic acids is 1. The van der Waals surface area contributed by atoms with E-state index in [1.807, 2.05) is 13.0 Å². The highest BCUT2D eigenvalue weighted by Gasteiger charge is 2.12. The quantitative estimate of drug-likeness (QED) is 0.645. The summed E-state index contributed by atoms with van der Waals surface area (Å²) >= 11 is 1.43. The number of rotatable bonds is 5. The third kappa shape index (κ3) is 3.78. The van der Waals surface area contributed by atoms with Crippen LogP contribution in [-0.2, 0) is 9.53 Å². The minimum absolute atomic E-state index is 0.104. The lowest BCUT2D eigenvalue weighted by Crippen LogP contribution is -2.04. The van der Waals surface area contributed by atoms with E-state index in [1.165, 1.54) is 18.9 Å². The predicted molar refractivity (Wildman–Crippen MR) is 65.5 cm³/mol. The third-order valence-electron chi connectivity index (χ3n) is 2.26. The first-order chi connectivity index (χ1) is 8.06. The van der Waals surface area contributed by atoms with Gasteiger partial charge in [0.15, 0.2) is 0 Å².